The number of nitrogens with one attached hydrogen (secondary N) is 1. The molecule has 2 aliphatic heterocycles. The van der Waals surface area contributed by atoms with Gasteiger partial charge in [-0.3, -0.25) is 24.0 Å². The van der Waals surface area contributed by atoms with Crippen LogP contribution < -0.4 is 11.1 Å². The first kappa shape index (κ1) is 21.3. The van der Waals surface area contributed by atoms with E-state index >= 15 is 0 Å². The van der Waals surface area contributed by atoms with Gasteiger partial charge in [0.2, 0.25) is 23.6 Å². The zero-order valence-corrected chi connectivity index (χ0v) is 17.1. The van der Waals surface area contributed by atoms with Crippen LogP contribution in [-0.4, -0.2) is 69.9 Å². The summed E-state index contributed by atoms with van der Waals surface area (Å²) < 4.78 is 0. The molecule has 3 unspecified atom stereocenters. The van der Waals surface area contributed by atoms with Crippen LogP contribution in [0.25, 0.3) is 0 Å². The summed E-state index contributed by atoms with van der Waals surface area (Å²) in [5, 5.41) is 2.84. The fraction of sp³-hybridized carbons (Fsp3) is 0.750. The average Bonchev–Trinajstić information content (AvgIpc) is 3.36. The van der Waals surface area contributed by atoms with Gasteiger partial charge in [0.25, 0.3) is 0 Å². The number of amides is 4. The lowest BCUT2D eigenvalue weighted by Crippen LogP contribution is -2.59. The van der Waals surface area contributed by atoms with Crippen molar-refractivity contribution in [1.29, 1.82) is 0 Å². The molecule has 0 radical (unpaired) electrons. The van der Waals surface area contributed by atoms with Crippen molar-refractivity contribution >= 4 is 29.4 Å². The Morgan fingerprint density at radius 2 is 1.86 bits per heavy atom. The quantitative estimate of drug-likeness (QED) is 0.626. The molecule has 29 heavy (non-hydrogen) atoms. The van der Waals surface area contributed by atoms with Crippen LogP contribution >= 0.6 is 0 Å². The number of hydrogen-bond donors (Lipinski definition) is 2. The van der Waals surface area contributed by atoms with E-state index in [4.69, 9.17) is 5.73 Å². The molecule has 0 aromatic carbocycles. The number of hydrogen-bond acceptors (Lipinski definition) is 5. The summed E-state index contributed by atoms with van der Waals surface area (Å²) in [6.07, 6.45) is 3.86. The number of nitrogens with zero attached hydrogens (tertiary/aromatic N) is 2. The van der Waals surface area contributed by atoms with E-state index in [1.807, 2.05) is 0 Å². The average molecular weight is 406 g/mol. The lowest BCUT2D eigenvalue weighted by atomic mass is 9.94. The molecule has 0 aromatic heterocycles. The van der Waals surface area contributed by atoms with Crippen LogP contribution in [0.4, 0.5) is 0 Å². The second kappa shape index (κ2) is 8.12. The summed E-state index contributed by atoms with van der Waals surface area (Å²) >= 11 is 0. The zero-order chi connectivity index (χ0) is 21.3. The number of primary amides is 1. The molecule has 0 aromatic rings. The largest absolute Gasteiger partial charge is 0.369 e. The maximum Gasteiger partial charge on any atom is 0.249 e. The van der Waals surface area contributed by atoms with Gasteiger partial charge in [-0.15, -0.1) is 0 Å². The number of ketones is 1. The molecule has 3 fully saturated rings. The van der Waals surface area contributed by atoms with E-state index in [2.05, 4.69) is 5.32 Å². The molecule has 9 nitrogen and oxygen atoms in total. The molecule has 3 N–H and O–H groups in total. The minimum atomic E-state index is -0.935. The van der Waals surface area contributed by atoms with E-state index in [0.717, 1.165) is 12.8 Å². The first-order valence-electron chi connectivity index (χ1n) is 10.4. The summed E-state index contributed by atoms with van der Waals surface area (Å²) in [6.45, 7) is 3.44. The van der Waals surface area contributed by atoms with E-state index in [1.54, 1.807) is 16.7 Å². The van der Waals surface area contributed by atoms with Crippen molar-refractivity contribution in [2.75, 3.05) is 13.1 Å². The molecule has 4 amide bonds. The number of likely N-dealkylation sites (tertiary alicyclic amines) is 2. The Labute approximate surface area is 170 Å². The van der Waals surface area contributed by atoms with Crippen molar-refractivity contribution in [3.8, 4) is 0 Å². The second-order valence-corrected chi connectivity index (χ2v) is 8.60. The molecule has 3 aliphatic rings. The normalized spacial score (nSPS) is 26.3. The van der Waals surface area contributed by atoms with Gasteiger partial charge in [0.05, 0.1) is 12.6 Å². The zero-order valence-electron chi connectivity index (χ0n) is 17.1. The van der Waals surface area contributed by atoms with Gasteiger partial charge in [-0.05, 0) is 25.7 Å². The van der Waals surface area contributed by atoms with Crippen molar-refractivity contribution in [3.05, 3.63) is 0 Å². The predicted octanol–water partition coefficient (Wildman–Crippen LogP) is -0.282. The summed E-state index contributed by atoms with van der Waals surface area (Å²) in [6, 6.07) is -0.982. The van der Waals surface area contributed by atoms with Gasteiger partial charge in [-0.1, -0.05) is 19.8 Å². The highest BCUT2D eigenvalue weighted by atomic mass is 16.2. The van der Waals surface area contributed by atoms with Crippen molar-refractivity contribution in [2.24, 2.45) is 11.7 Å². The Morgan fingerprint density at radius 1 is 1.21 bits per heavy atom. The van der Waals surface area contributed by atoms with Crippen molar-refractivity contribution in [1.82, 2.24) is 15.1 Å². The minimum Gasteiger partial charge on any atom is -0.369 e. The van der Waals surface area contributed by atoms with Crippen LogP contribution in [-0.2, 0) is 24.0 Å². The van der Waals surface area contributed by atoms with Crippen LogP contribution in [0.5, 0.6) is 0 Å². The van der Waals surface area contributed by atoms with E-state index in [0.29, 0.717) is 32.2 Å². The lowest BCUT2D eigenvalue weighted by molar-refractivity contribution is -0.142. The number of nitrogens with two attached hydrogens (primary N) is 1. The Hall–Kier alpha value is -2.45. The second-order valence-electron chi connectivity index (χ2n) is 8.60. The van der Waals surface area contributed by atoms with Gasteiger partial charge in [0.15, 0.2) is 5.78 Å². The Morgan fingerprint density at radius 3 is 2.45 bits per heavy atom. The van der Waals surface area contributed by atoms with Crippen LogP contribution in [0.2, 0.25) is 0 Å². The number of carbonyl (C=O) groups excluding carboxylic acids is 5. The first-order valence-corrected chi connectivity index (χ1v) is 10.4. The highest BCUT2D eigenvalue weighted by Crippen LogP contribution is 2.37. The monoisotopic (exact) mass is 406 g/mol. The number of fused-ring (bicyclic) bond motifs is 1. The maximum atomic E-state index is 13.4. The third-order valence-electron chi connectivity index (χ3n) is 6.56. The summed E-state index contributed by atoms with van der Waals surface area (Å²) in [5.74, 6) is -1.66. The topological polar surface area (TPSA) is 130 Å². The van der Waals surface area contributed by atoms with E-state index in [9.17, 15) is 24.0 Å². The molecule has 3 atom stereocenters. The third kappa shape index (κ3) is 4.00. The molecule has 1 saturated carbocycles. The van der Waals surface area contributed by atoms with Gasteiger partial charge in [0, 0.05) is 25.8 Å². The maximum absolute atomic E-state index is 13.4. The minimum absolute atomic E-state index is 0.0308. The Bertz CT molecular complexity index is 730. The summed E-state index contributed by atoms with van der Waals surface area (Å²) in [5.41, 5.74) is 4.31. The first-order chi connectivity index (χ1) is 13.7. The fourth-order valence-corrected chi connectivity index (χ4v) is 4.98. The SMILES string of the molecule is CC(=O)NC1(C(=O)N2CC(=O)C3C2CCN3C(=O)CCC(C)C(N)=O)CCCC1. The van der Waals surface area contributed by atoms with Crippen molar-refractivity contribution in [2.45, 2.75) is 76.4 Å². The lowest BCUT2D eigenvalue weighted by Gasteiger charge is -2.35. The standard InChI is InChI=1S/C20H30N4O5/c1-12(18(21)28)5-6-16(27)23-10-7-14-17(23)15(26)11-24(14)19(29)20(22-13(2)25)8-3-4-9-20/h12,14,17H,3-11H2,1-2H3,(H2,21,28)(H,22,25). The van der Waals surface area contributed by atoms with E-state index in [-0.39, 0.29) is 42.5 Å². The van der Waals surface area contributed by atoms with Crippen LogP contribution in [0.15, 0.2) is 0 Å². The van der Waals surface area contributed by atoms with Crippen LogP contribution in [0, 0.1) is 5.92 Å². The van der Waals surface area contributed by atoms with Gasteiger partial charge in [-0.25, -0.2) is 0 Å². The van der Waals surface area contributed by atoms with Gasteiger partial charge >= 0.3 is 0 Å². The summed E-state index contributed by atoms with van der Waals surface area (Å²) in [4.78, 5) is 64.8. The highest BCUT2D eigenvalue weighted by molar-refractivity contribution is 6.00. The number of rotatable bonds is 6. The smallest absolute Gasteiger partial charge is 0.249 e. The van der Waals surface area contributed by atoms with Gasteiger partial charge in [0.1, 0.15) is 11.6 Å². The molecule has 2 saturated heterocycles. The Kier molecular flexibility index (Phi) is 5.95. The van der Waals surface area contributed by atoms with Crippen LogP contribution in [0.3, 0.4) is 0 Å². The van der Waals surface area contributed by atoms with Crippen molar-refractivity contribution < 1.29 is 24.0 Å². The fourth-order valence-electron chi connectivity index (χ4n) is 4.98. The molecular formula is C20H30N4O5. The van der Waals surface area contributed by atoms with E-state index in [1.165, 1.54) is 6.92 Å². The summed E-state index contributed by atoms with van der Waals surface area (Å²) in [7, 11) is 0. The molecule has 160 valence electrons. The molecule has 1 aliphatic carbocycles. The van der Waals surface area contributed by atoms with Crippen LogP contribution in [0.1, 0.15) is 58.8 Å². The predicted molar refractivity (Wildman–Crippen MR) is 103 cm³/mol. The highest BCUT2D eigenvalue weighted by Gasteiger charge is 2.55. The molecule has 0 bridgehead atoms. The van der Waals surface area contributed by atoms with Crippen molar-refractivity contribution in [3.63, 3.8) is 0 Å². The van der Waals surface area contributed by atoms with Gasteiger partial charge in [-0.2, -0.15) is 0 Å². The third-order valence-corrected chi connectivity index (χ3v) is 6.56. The Balaban J connectivity index is 1.71. The molecule has 2 heterocycles. The number of carbonyl (C=O) groups is 5. The molecule has 0 spiro atoms. The van der Waals surface area contributed by atoms with Gasteiger partial charge < -0.3 is 20.9 Å². The molecule has 9 heteroatoms. The van der Waals surface area contributed by atoms with E-state index < -0.39 is 23.4 Å². The number of Topliss-reactive ketones (excluding diaryl/α,β-unsaturated/α-hetero) is 1. The molecular weight excluding hydrogens is 376 g/mol. The molecule has 3 rings (SSSR count).